The monoisotopic (exact) mass is 345 g/mol. The Bertz CT molecular complexity index is 796. The molecule has 1 fully saturated rings. The molecule has 0 unspecified atom stereocenters. The fourth-order valence-corrected chi connectivity index (χ4v) is 3.08. The molecule has 1 aliphatic heterocycles. The zero-order valence-corrected chi connectivity index (χ0v) is 14.3. The van der Waals surface area contributed by atoms with E-state index in [0.29, 0.717) is 30.5 Å². The van der Waals surface area contributed by atoms with Gasteiger partial charge in [-0.1, -0.05) is 17.3 Å². The van der Waals surface area contributed by atoms with Gasteiger partial charge in [0.15, 0.2) is 0 Å². The molecule has 1 aliphatic rings. The van der Waals surface area contributed by atoms with Crippen LogP contribution in [0.4, 0.5) is 0 Å². The maximum absolute atomic E-state index is 12.4. The number of hydrogen-bond donors (Lipinski definition) is 1. The number of nitrogens with zero attached hydrogens (tertiary/aromatic N) is 5. The molecule has 1 saturated heterocycles. The molecule has 0 bridgehead atoms. The fraction of sp³-hybridized carbons (Fsp3) is 0.529. The van der Waals surface area contributed by atoms with Gasteiger partial charge in [-0.25, -0.2) is 4.68 Å². The van der Waals surface area contributed by atoms with Crippen LogP contribution in [-0.4, -0.2) is 74.6 Å². The number of piperazine rings is 1. The van der Waals surface area contributed by atoms with E-state index in [9.17, 15) is 14.7 Å². The van der Waals surface area contributed by atoms with Crippen molar-refractivity contribution in [2.24, 2.45) is 0 Å². The first-order chi connectivity index (χ1) is 12.0. The summed E-state index contributed by atoms with van der Waals surface area (Å²) in [6.07, 6.45) is -0.135. The Morgan fingerprint density at radius 1 is 1.24 bits per heavy atom. The molecule has 1 aromatic heterocycles. The summed E-state index contributed by atoms with van der Waals surface area (Å²) in [5, 5.41) is 17.9. The molecular formula is C17H23N5O3. The molecule has 0 saturated carbocycles. The highest BCUT2D eigenvalue weighted by molar-refractivity contribution is 5.77. The molecule has 1 N–H and O–H groups in total. The Hall–Kier alpha value is -2.32. The maximum Gasteiger partial charge on any atom is 0.277 e. The van der Waals surface area contributed by atoms with Crippen molar-refractivity contribution >= 4 is 16.8 Å². The van der Waals surface area contributed by atoms with Gasteiger partial charge < -0.3 is 10.0 Å². The standard InChI is InChI=1S/C17H23N5O3/c1-13(23)12-20-8-10-21(11-9-20)16(24)6-7-22-17(25)14-4-2-3-5-15(14)18-19-22/h2-5,13,23H,6-12H2,1H3/t13-/m0/s1. The minimum atomic E-state index is -0.361. The second kappa shape index (κ2) is 7.71. The lowest BCUT2D eigenvalue weighted by Crippen LogP contribution is -2.50. The van der Waals surface area contributed by atoms with E-state index in [-0.39, 0.29) is 30.5 Å². The van der Waals surface area contributed by atoms with Crippen molar-refractivity contribution in [1.29, 1.82) is 0 Å². The van der Waals surface area contributed by atoms with Gasteiger partial charge in [-0.2, -0.15) is 0 Å². The predicted octanol–water partition coefficient (Wildman–Crippen LogP) is -0.293. The Kier molecular flexibility index (Phi) is 5.40. The van der Waals surface area contributed by atoms with Crippen LogP contribution < -0.4 is 5.56 Å². The van der Waals surface area contributed by atoms with E-state index in [4.69, 9.17) is 0 Å². The van der Waals surface area contributed by atoms with Gasteiger partial charge in [-0.15, -0.1) is 5.10 Å². The summed E-state index contributed by atoms with van der Waals surface area (Å²) in [5.41, 5.74) is 0.337. The van der Waals surface area contributed by atoms with Crippen LogP contribution in [-0.2, 0) is 11.3 Å². The average molecular weight is 345 g/mol. The number of aryl methyl sites for hydroxylation is 1. The van der Waals surface area contributed by atoms with E-state index in [2.05, 4.69) is 15.2 Å². The van der Waals surface area contributed by atoms with Crippen LogP contribution in [0.15, 0.2) is 29.1 Å². The number of rotatable bonds is 5. The van der Waals surface area contributed by atoms with E-state index in [1.165, 1.54) is 4.68 Å². The second-order valence-corrected chi connectivity index (χ2v) is 6.42. The third-order valence-electron chi connectivity index (χ3n) is 4.41. The van der Waals surface area contributed by atoms with Crippen LogP contribution in [0.3, 0.4) is 0 Å². The van der Waals surface area contributed by atoms with Gasteiger partial charge in [0.05, 0.1) is 18.0 Å². The quantitative estimate of drug-likeness (QED) is 0.800. The number of hydrogen-bond acceptors (Lipinski definition) is 6. The van der Waals surface area contributed by atoms with Crippen molar-refractivity contribution in [3.05, 3.63) is 34.6 Å². The molecule has 8 nitrogen and oxygen atoms in total. The molecule has 1 atom stereocenters. The lowest BCUT2D eigenvalue weighted by molar-refractivity contribution is -0.133. The largest absolute Gasteiger partial charge is 0.392 e. The van der Waals surface area contributed by atoms with Crippen molar-refractivity contribution in [2.45, 2.75) is 26.0 Å². The number of carbonyl (C=O) groups excluding carboxylic acids is 1. The van der Waals surface area contributed by atoms with Crippen LogP contribution >= 0.6 is 0 Å². The van der Waals surface area contributed by atoms with E-state index >= 15 is 0 Å². The Morgan fingerprint density at radius 3 is 2.68 bits per heavy atom. The average Bonchev–Trinajstić information content (AvgIpc) is 2.61. The molecule has 0 spiro atoms. The molecule has 1 aromatic carbocycles. The molecule has 1 amide bonds. The number of β-amino-alcohol motifs (C(OH)–C–C–N with tert-alkyl or cyclic N) is 1. The van der Waals surface area contributed by atoms with E-state index in [1.807, 2.05) is 6.07 Å². The van der Waals surface area contributed by atoms with E-state index in [1.54, 1.807) is 30.0 Å². The third-order valence-corrected chi connectivity index (χ3v) is 4.41. The van der Waals surface area contributed by atoms with Crippen molar-refractivity contribution in [2.75, 3.05) is 32.7 Å². The van der Waals surface area contributed by atoms with Crippen molar-refractivity contribution in [1.82, 2.24) is 24.8 Å². The van der Waals surface area contributed by atoms with Gasteiger partial charge in [0.1, 0.15) is 5.52 Å². The summed E-state index contributed by atoms with van der Waals surface area (Å²) in [4.78, 5) is 28.7. The van der Waals surface area contributed by atoms with Crippen LogP contribution in [0.2, 0.25) is 0 Å². The maximum atomic E-state index is 12.4. The zero-order valence-electron chi connectivity index (χ0n) is 14.3. The lowest BCUT2D eigenvalue weighted by Gasteiger charge is -2.35. The highest BCUT2D eigenvalue weighted by Crippen LogP contribution is 2.06. The number of amides is 1. The normalized spacial score (nSPS) is 17.0. The highest BCUT2D eigenvalue weighted by atomic mass is 16.3. The van der Waals surface area contributed by atoms with Gasteiger partial charge in [-0.05, 0) is 19.1 Å². The molecule has 2 heterocycles. The summed E-state index contributed by atoms with van der Waals surface area (Å²) >= 11 is 0. The number of fused-ring (bicyclic) bond motifs is 1. The number of aromatic nitrogens is 3. The predicted molar refractivity (Wildman–Crippen MR) is 93.1 cm³/mol. The van der Waals surface area contributed by atoms with E-state index in [0.717, 1.165) is 13.1 Å². The van der Waals surface area contributed by atoms with E-state index < -0.39 is 0 Å². The number of carbonyl (C=O) groups is 1. The van der Waals surface area contributed by atoms with Crippen LogP contribution in [0.5, 0.6) is 0 Å². The van der Waals surface area contributed by atoms with Gasteiger partial charge in [0, 0.05) is 39.1 Å². The van der Waals surface area contributed by atoms with Crippen molar-refractivity contribution < 1.29 is 9.90 Å². The number of benzene rings is 1. The van der Waals surface area contributed by atoms with Crippen LogP contribution in [0.25, 0.3) is 10.9 Å². The fourth-order valence-electron chi connectivity index (χ4n) is 3.08. The summed E-state index contributed by atoms with van der Waals surface area (Å²) in [6.45, 7) is 5.42. The van der Waals surface area contributed by atoms with Crippen LogP contribution in [0, 0.1) is 0 Å². The topological polar surface area (TPSA) is 91.6 Å². The summed E-state index contributed by atoms with van der Waals surface area (Å²) in [5.74, 6) is 0.0126. The minimum Gasteiger partial charge on any atom is -0.392 e. The molecular weight excluding hydrogens is 322 g/mol. The van der Waals surface area contributed by atoms with Crippen molar-refractivity contribution in [3.63, 3.8) is 0 Å². The highest BCUT2D eigenvalue weighted by Gasteiger charge is 2.21. The molecule has 8 heteroatoms. The number of aliphatic hydroxyl groups is 1. The van der Waals surface area contributed by atoms with Gasteiger partial charge >= 0.3 is 0 Å². The Balaban J connectivity index is 1.56. The van der Waals surface area contributed by atoms with Gasteiger partial charge in [0.25, 0.3) is 5.56 Å². The number of aliphatic hydroxyl groups excluding tert-OH is 1. The first kappa shape index (κ1) is 17.5. The SMILES string of the molecule is C[C@H](O)CN1CCN(C(=O)CCn2nnc3ccccc3c2=O)CC1. The Labute approximate surface area is 145 Å². The lowest BCUT2D eigenvalue weighted by atomic mass is 10.2. The Morgan fingerprint density at radius 2 is 1.96 bits per heavy atom. The second-order valence-electron chi connectivity index (χ2n) is 6.42. The molecule has 134 valence electrons. The van der Waals surface area contributed by atoms with Gasteiger partial charge in [0.2, 0.25) is 5.91 Å². The third kappa shape index (κ3) is 4.21. The van der Waals surface area contributed by atoms with Gasteiger partial charge in [-0.3, -0.25) is 14.5 Å². The zero-order chi connectivity index (χ0) is 17.8. The molecule has 0 radical (unpaired) electrons. The summed E-state index contributed by atoms with van der Waals surface area (Å²) in [6, 6.07) is 7.05. The van der Waals surface area contributed by atoms with Crippen LogP contribution in [0.1, 0.15) is 13.3 Å². The summed E-state index contributed by atoms with van der Waals surface area (Å²) in [7, 11) is 0. The molecule has 2 aromatic rings. The van der Waals surface area contributed by atoms with Crippen molar-refractivity contribution in [3.8, 4) is 0 Å². The first-order valence-corrected chi connectivity index (χ1v) is 8.55. The first-order valence-electron chi connectivity index (χ1n) is 8.55. The smallest absolute Gasteiger partial charge is 0.277 e. The molecule has 3 rings (SSSR count). The molecule has 25 heavy (non-hydrogen) atoms. The molecule has 0 aliphatic carbocycles. The summed E-state index contributed by atoms with van der Waals surface area (Å²) < 4.78 is 1.25. The minimum absolute atomic E-state index is 0.0126.